The van der Waals surface area contributed by atoms with Crippen molar-refractivity contribution >= 4 is 23.0 Å². The first kappa shape index (κ1) is 20.0. The summed E-state index contributed by atoms with van der Waals surface area (Å²) >= 11 is 1.73. The predicted octanol–water partition coefficient (Wildman–Crippen LogP) is 3.94. The third kappa shape index (κ3) is 5.91. The second-order valence-electron chi connectivity index (χ2n) is 6.21. The van der Waals surface area contributed by atoms with E-state index in [1.165, 1.54) is 5.01 Å². The number of nitrogens with zero attached hydrogens (tertiary/aromatic N) is 2. The van der Waals surface area contributed by atoms with E-state index in [1.54, 1.807) is 25.6 Å². The summed E-state index contributed by atoms with van der Waals surface area (Å²) in [6.45, 7) is 7.82. The molecule has 0 fully saturated rings. The van der Waals surface area contributed by atoms with Crippen molar-refractivity contribution in [1.29, 1.82) is 0 Å². The van der Waals surface area contributed by atoms with E-state index in [0.717, 1.165) is 29.5 Å². The molecule has 0 saturated heterocycles. The van der Waals surface area contributed by atoms with Gasteiger partial charge in [0.15, 0.2) is 17.5 Å². The van der Waals surface area contributed by atoms with Gasteiger partial charge in [-0.15, -0.1) is 11.3 Å². The van der Waals surface area contributed by atoms with Crippen LogP contribution in [0.3, 0.4) is 0 Å². The number of hydrogen-bond acceptors (Lipinski definition) is 5. The molecule has 0 amide bonds. The van der Waals surface area contributed by atoms with E-state index in [4.69, 9.17) is 9.47 Å². The van der Waals surface area contributed by atoms with Crippen LogP contribution in [0, 0.1) is 5.92 Å². The van der Waals surface area contributed by atoms with Crippen molar-refractivity contribution in [1.82, 2.24) is 10.3 Å². The second-order valence-corrected chi connectivity index (χ2v) is 7.41. The number of methoxy groups -OCH3 is 2. The van der Waals surface area contributed by atoms with Gasteiger partial charge in [-0.2, -0.15) is 0 Å². The highest BCUT2D eigenvalue weighted by Gasteiger charge is 2.07. The van der Waals surface area contributed by atoms with Crippen LogP contribution >= 0.6 is 11.3 Å². The number of hydrogen-bond donors (Lipinski definition) is 2. The fourth-order valence-corrected chi connectivity index (χ4v) is 3.44. The zero-order valence-corrected chi connectivity index (χ0v) is 16.9. The molecule has 0 bridgehead atoms. The fourth-order valence-electron chi connectivity index (χ4n) is 2.38. The Morgan fingerprint density at radius 3 is 2.65 bits per heavy atom. The lowest BCUT2D eigenvalue weighted by Crippen LogP contribution is -2.30. The smallest absolute Gasteiger partial charge is 0.196 e. The Labute approximate surface area is 159 Å². The molecule has 0 unspecified atom stereocenters. The number of nitrogens with one attached hydrogen (secondary N) is 2. The minimum atomic E-state index is 0.596. The molecule has 0 atom stereocenters. The quantitative estimate of drug-likeness (QED) is 0.540. The summed E-state index contributed by atoms with van der Waals surface area (Å²) < 4.78 is 10.6. The molecule has 1 aromatic heterocycles. The lowest BCUT2D eigenvalue weighted by atomic mass is 10.1. The average molecular weight is 377 g/mol. The molecule has 1 aromatic carbocycles. The van der Waals surface area contributed by atoms with Gasteiger partial charge in [-0.05, 0) is 25.0 Å². The Balaban J connectivity index is 2.08. The van der Waals surface area contributed by atoms with Crippen LogP contribution in [0.2, 0.25) is 0 Å². The normalized spacial score (nSPS) is 11.5. The largest absolute Gasteiger partial charge is 0.493 e. The Morgan fingerprint density at radius 1 is 1.23 bits per heavy atom. The summed E-state index contributed by atoms with van der Waals surface area (Å²) in [6, 6.07) is 5.69. The molecule has 0 aliphatic carbocycles. The zero-order valence-electron chi connectivity index (χ0n) is 16.1. The molecule has 6 nitrogen and oxygen atoms in total. The van der Waals surface area contributed by atoms with Crippen LogP contribution in [-0.2, 0) is 13.0 Å². The first-order valence-electron chi connectivity index (χ1n) is 8.76. The standard InChI is InChI=1S/C19H28N4O2S/c1-6-20-19(22-12-15-11-21-18(26-15)9-13(2)3)23-14-7-8-16(24-4)17(10-14)25-5/h7-8,10-11,13H,6,9,12H2,1-5H3,(H2,20,22,23). The van der Waals surface area contributed by atoms with Crippen molar-refractivity contribution in [3.63, 3.8) is 0 Å². The van der Waals surface area contributed by atoms with Crippen LogP contribution in [-0.4, -0.2) is 31.7 Å². The van der Waals surface area contributed by atoms with E-state index in [9.17, 15) is 0 Å². The van der Waals surface area contributed by atoms with Gasteiger partial charge in [-0.25, -0.2) is 9.98 Å². The summed E-state index contributed by atoms with van der Waals surface area (Å²) in [5.74, 6) is 2.71. The number of rotatable bonds is 8. The van der Waals surface area contributed by atoms with Gasteiger partial charge in [-0.1, -0.05) is 13.8 Å². The maximum Gasteiger partial charge on any atom is 0.196 e. The molecule has 7 heteroatoms. The van der Waals surface area contributed by atoms with Crippen LogP contribution < -0.4 is 20.1 Å². The van der Waals surface area contributed by atoms with Crippen molar-refractivity contribution in [3.8, 4) is 11.5 Å². The van der Waals surface area contributed by atoms with E-state index < -0.39 is 0 Å². The van der Waals surface area contributed by atoms with Gasteiger partial charge in [0.25, 0.3) is 0 Å². The Kier molecular flexibility index (Phi) is 7.72. The predicted molar refractivity (Wildman–Crippen MR) is 109 cm³/mol. The molecule has 0 radical (unpaired) electrons. The first-order valence-corrected chi connectivity index (χ1v) is 9.58. The highest BCUT2D eigenvalue weighted by Crippen LogP contribution is 2.29. The van der Waals surface area contributed by atoms with Gasteiger partial charge in [0.2, 0.25) is 0 Å². The summed E-state index contributed by atoms with van der Waals surface area (Å²) in [5, 5.41) is 7.73. The number of anilines is 1. The number of guanidine groups is 1. The van der Waals surface area contributed by atoms with E-state index in [2.05, 4.69) is 34.5 Å². The zero-order chi connectivity index (χ0) is 18.9. The van der Waals surface area contributed by atoms with Crippen molar-refractivity contribution in [2.24, 2.45) is 10.9 Å². The Bertz CT molecular complexity index is 728. The van der Waals surface area contributed by atoms with Crippen molar-refractivity contribution in [2.45, 2.75) is 33.7 Å². The highest BCUT2D eigenvalue weighted by molar-refractivity contribution is 7.11. The maximum absolute atomic E-state index is 5.35. The van der Waals surface area contributed by atoms with Gasteiger partial charge < -0.3 is 20.1 Å². The first-order chi connectivity index (χ1) is 12.5. The van der Waals surface area contributed by atoms with E-state index in [1.807, 2.05) is 31.3 Å². The number of aromatic nitrogens is 1. The third-order valence-electron chi connectivity index (χ3n) is 3.57. The van der Waals surface area contributed by atoms with Gasteiger partial charge in [0.1, 0.15) is 0 Å². The molecule has 26 heavy (non-hydrogen) atoms. The van der Waals surface area contributed by atoms with Crippen LogP contribution in [0.5, 0.6) is 11.5 Å². The maximum atomic E-state index is 5.35. The minimum absolute atomic E-state index is 0.596. The fraction of sp³-hybridized carbons (Fsp3) is 0.474. The number of thiazole rings is 1. The van der Waals surface area contributed by atoms with Crippen molar-refractivity contribution in [2.75, 3.05) is 26.1 Å². The van der Waals surface area contributed by atoms with Crippen molar-refractivity contribution in [3.05, 3.63) is 34.3 Å². The van der Waals surface area contributed by atoms with Crippen LogP contribution in [0.1, 0.15) is 30.7 Å². The summed E-state index contributed by atoms with van der Waals surface area (Å²) in [4.78, 5) is 10.3. The van der Waals surface area contributed by atoms with E-state index >= 15 is 0 Å². The Morgan fingerprint density at radius 2 is 2.00 bits per heavy atom. The average Bonchev–Trinajstić information content (AvgIpc) is 3.06. The molecule has 142 valence electrons. The molecular formula is C19H28N4O2S. The molecule has 2 aromatic rings. The molecule has 0 spiro atoms. The SMILES string of the molecule is CCNC(=NCc1cnc(CC(C)C)s1)Nc1ccc(OC)c(OC)c1. The van der Waals surface area contributed by atoms with Gasteiger partial charge in [-0.3, -0.25) is 0 Å². The number of ether oxygens (including phenoxy) is 2. The van der Waals surface area contributed by atoms with Crippen molar-refractivity contribution < 1.29 is 9.47 Å². The molecule has 0 aliphatic rings. The number of benzene rings is 1. The minimum Gasteiger partial charge on any atom is -0.493 e. The number of aliphatic imine (C=N–C) groups is 1. The van der Waals surface area contributed by atoms with Gasteiger partial charge in [0, 0.05) is 35.8 Å². The molecule has 2 N–H and O–H groups in total. The van der Waals surface area contributed by atoms with Gasteiger partial charge in [0.05, 0.1) is 25.8 Å². The molecule has 0 saturated carbocycles. The molecule has 2 rings (SSSR count). The lowest BCUT2D eigenvalue weighted by molar-refractivity contribution is 0.355. The summed E-state index contributed by atoms with van der Waals surface area (Å²) in [5.41, 5.74) is 0.882. The van der Waals surface area contributed by atoms with E-state index in [0.29, 0.717) is 24.0 Å². The molecular weight excluding hydrogens is 348 g/mol. The summed E-state index contributed by atoms with van der Waals surface area (Å²) in [7, 11) is 3.25. The van der Waals surface area contributed by atoms with Crippen LogP contribution in [0.25, 0.3) is 0 Å². The monoisotopic (exact) mass is 376 g/mol. The second kappa shape index (κ2) is 10.0. The molecule has 0 aliphatic heterocycles. The van der Waals surface area contributed by atoms with Crippen LogP contribution in [0.15, 0.2) is 29.4 Å². The molecule has 1 heterocycles. The Hall–Kier alpha value is -2.28. The lowest BCUT2D eigenvalue weighted by Gasteiger charge is -2.13. The highest BCUT2D eigenvalue weighted by atomic mass is 32.1. The summed E-state index contributed by atoms with van der Waals surface area (Å²) in [6.07, 6.45) is 2.93. The third-order valence-corrected chi connectivity index (χ3v) is 4.57. The van der Waals surface area contributed by atoms with Gasteiger partial charge >= 0.3 is 0 Å². The van der Waals surface area contributed by atoms with E-state index in [-0.39, 0.29) is 0 Å². The topological polar surface area (TPSA) is 67.8 Å². The van der Waals surface area contributed by atoms with Crippen LogP contribution in [0.4, 0.5) is 5.69 Å².